The Bertz CT molecular complexity index is 906. The molecule has 1 fully saturated rings. The number of carbonyl (C=O) groups excluding carboxylic acids is 2. The molecule has 1 aliphatic rings. The van der Waals surface area contributed by atoms with E-state index in [0.717, 1.165) is 10.1 Å². The first-order valence-corrected chi connectivity index (χ1v) is 10.2. The number of thiophene rings is 1. The molecule has 2 aromatic rings. The molecule has 0 aliphatic carbocycles. The van der Waals surface area contributed by atoms with Gasteiger partial charge in [0, 0.05) is 16.1 Å². The Kier molecular flexibility index (Phi) is 4.80. The Hall–Kier alpha value is -1.64. The van der Waals surface area contributed by atoms with E-state index in [1.807, 2.05) is 18.2 Å². The van der Waals surface area contributed by atoms with Crippen molar-refractivity contribution in [2.45, 2.75) is 12.5 Å². The average molecular weight is 388 g/mol. The predicted octanol–water partition coefficient (Wildman–Crippen LogP) is 2.01. The number of esters is 1. The Morgan fingerprint density at radius 3 is 2.75 bits per heavy atom. The van der Waals surface area contributed by atoms with Crippen molar-refractivity contribution < 1.29 is 22.7 Å². The SMILES string of the molecule is O=C(COC(=O)c1sc2ccccc2c1Cl)NC1CCS(=O)(=O)C1. The van der Waals surface area contributed by atoms with Crippen molar-refractivity contribution in [3.05, 3.63) is 34.2 Å². The van der Waals surface area contributed by atoms with Gasteiger partial charge < -0.3 is 10.1 Å². The van der Waals surface area contributed by atoms with E-state index in [4.69, 9.17) is 16.3 Å². The number of halogens is 1. The standard InChI is InChI=1S/C15H14ClNO5S2/c16-13-10-3-1-2-4-11(10)23-14(13)15(19)22-7-12(18)17-9-5-6-24(20,21)8-9/h1-4,9H,5-8H2,(H,17,18). The number of nitrogens with one attached hydrogen (secondary N) is 1. The third kappa shape index (κ3) is 3.71. The van der Waals surface area contributed by atoms with E-state index < -0.39 is 34.4 Å². The fourth-order valence-electron chi connectivity index (χ4n) is 2.52. The van der Waals surface area contributed by atoms with E-state index in [0.29, 0.717) is 11.4 Å². The van der Waals surface area contributed by atoms with Crippen molar-refractivity contribution >= 4 is 54.7 Å². The molecule has 0 spiro atoms. The molecule has 9 heteroatoms. The minimum atomic E-state index is -3.07. The van der Waals surface area contributed by atoms with Gasteiger partial charge in [-0.3, -0.25) is 4.79 Å². The van der Waals surface area contributed by atoms with E-state index in [-0.39, 0.29) is 16.4 Å². The van der Waals surface area contributed by atoms with E-state index in [2.05, 4.69) is 5.32 Å². The molecule has 128 valence electrons. The Morgan fingerprint density at radius 1 is 1.33 bits per heavy atom. The monoisotopic (exact) mass is 387 g/mol. The number of hydrogen-bond donors (Lipinski definition) is 1. The van der Waals surface area contributed by atoms with Gasteiger partial charge in [0.1, 0.15) is 4.88 Å². The summed E-state index contributed by atoms with van der Waals surface area (Å²) in [5.74, 6) is -1.21. The first kappa shape index (κ1) is 17.2. The van der Waals surface area contributed by atoms with Crippen LogP contribution in [0.4, 0.5) is 0 Å². The maximum atomic E-state index is 12.1. The summed E-state index contributed by atoms with van der Waals surface area (Å²) >= 11 is 7.38. The van der Waals surface area contributed by atoms with Crippen LogP contribution >= 0.6 is 22.9 Å². The molecule has 1 aromatic heterocycles. The third-order valence-electron chi connectivity index (χ3n) is 3.65. The highest BCUT2D eigenvalue weighted by atomic mass is 35.5. The van der Waals surface area contributed by atoms with Gasteiger partial charge in [-0.1, -0.05) is 29.8 Å². The zero-order valence-corrected chi connectivity index (χ0v) is 14.8. The zero-order chi connectivity index (χ0) is 17.3. The van der Waals surface area contributed by atoms with E-state index >= 15 is 0 Å². The molecule has 1 aliphatic heterocycles. The normalized spacial score (nSPS) is 19.3. The summed E-state index contributed by atoms with van der Waals surface area (Å²) in [5.41, 5.74) is 0. The number of amides is 1. The number of hydrogen-bond acceptors (Lipinski definition) is 6. The van der Waals surface area contributed by atoms with Crippen molar-refractivity contribution in [3.63, 3.8) is 0 Å². The van der Waals surface area contributed by atoms with Gasteiger partial charge in [0.15, 0.2) is 16.4 Å². The predicted molar refractivity (Wildman–Crippen MR) is 92.3 cm³/mol. The Morgan fingerprint density at radius 2 is 2.08 bits per heavy atom. The molecular formula is C15H14ClNO5S2. The van der Waals surface area contributed by atoms with Crippen LogP contribution in [0.2, 0.25) is 5.02 Å². The highest BCUT2D eigenvalue weighted by Gasteiger charge is 2.29. The van der Waals surface area contributed by atoms with Crippen LogP contribution in [-0.4, -0.2) is 44.4 Å². The van der Waals surface area contributed by atoms with Crippen molar-refractivity contribution in [3.8, 4) is 0 Å². The van der Waals surface area contributed by atoms with Crippen LogP contribution in [0.15, 0.2) is 24.3 Å². The zero-order valence-electron chi connectivity index (χ0n) is 12.5. The minimum Gasteiger partial charge on any atom is -0.451 e. The quantitative estimate of drug-likeness (QED) is 0.810. The van der Waals surface area contributed by atoms with Gasteiger partial charge in [-0.15, -0.1) is 11.3 Å². The van der Waals surface area contributed by atoms with Gasteiger partial charge in [-0.25, -0.2) is 13.2 Å². The summed E-state index contributed by atoms with van der Waals surface area (Å²) in [6.45, 7) is -0.472. The largest absolute Gasteiger partial charge is 0.451 e. The third-order valence-corrected chi connectivity index (χ3v) is 7.08. The van der Waals surface area contributed by atoms with Gasteiger partial charge in [-0.05, 0) is 12.5 Å². The number of carbonyl (C=O) groups is 2. The van der Waals surface area contributed by atoms with Crippen LogP contribution in [0.3, 0.4) is 0 Å². The lowest BCUT2D eigenvalue weighted by atomic mass is 10.2. The van der Waals surface area contributed by atoms with Gasteiger partial charge >= 0.3 is 5.97 Å². The molecule has 24 heavy (non-hydrogen) atoms. The highest BCUT2D eigenvalue weighted by molar-refractivity contribution is 7.91. The molecule has 6 nitrogen and oxygen atoms in total. The number of fused-ring (bicyclic) bond motifs is 1. The molecule has 1 saturated heterocycles. The van der Waals surface area contributed by atoms with Gasteiger partial charge in [-0.2, -0.15) is 0 Å². The number of benzene rings is 1. The summed E-state index contributed by atoms with van der Waals surface area (Å²) in [7, 11) is -3.07. The maximum Gasteiger partial charge on any atom is 0.350 e. The topological polar surface area (TPSA) is 89.5 Å². The average Bonchev–Trinajstić information content (AvgIpc) is 3.05. The molecule has 1 N–H and O–H groups in total. The van der Waals surface area contributed by atoms with Crippen LogP contribution < -0.4 is 5.32 Å². The first-order valence-electron chi connectivity index (χ1n) is 7.20. The number of sulfone groups is 1. The fraction of sp³-hybridized carbons (Fsp3) is 0.333. The van der Waals surface area contributed by atoms with E-state index in [1.165, 1.54) is 11.3 Å². The first-order chi connectivity index (χ1) is 11.4. The van der Waals surface area contributed by atoms with E-state index in [9.17, 15) is 18.0 Å². The highest BCUT2D eigenvalue weighted by Crippen LogP contribution is 2.35. The summed E-state index contributed by atoms with van der Waals surface area (Å²) in [6, 6.07) is 6.88. The fourth-order valence-corrected chi connectivity index (χ4v) is 5.60. The van der Waals surface area contributed by atoms with Crippen molar-refractivity contribution in [1.82, 2.24) is 5.32 Å². The molecule has 1 unspecified atom stereocenters. The molecule has 0 bridgehead atoms. The summed E-state index contributed by atoms with van der Waals surface area (Å²) in [4.78, 5) is 24.1. The number of rotatable bonds is 4. The molecule has 1 aromatic carbocycles. The second kappa shape index (κ2) is 6.70. The van der Waals surface area contributed by atoms with Crippen LogP contribution in [-0.2, 0) is 19.4 Å². The van der Waals surface area contributed by atoms with Gasteiger partial charge in [0.25, 0.3) is 5.91 Å². The smallest absolute Gasteiger partial charge is 0.350 e. The summed E-state index contributed by atoms with van der Waals surface area (Å²) in [6.07, 6.45) is 0.379. The van der Waals surface area contributed by atoms with Gasteiger partial charge in [0.05, 0.1) is 16.5 Å². The van der Waals surface area contributed by atoms with Crippen molar-refractivity contribution in [2.75, 3.05) is 18.1 Å². The lowest BCUT2D eigenvalue weighted by molar-refractivity contribution is -0.124. The molecule has 1 amide bonds. The van der Waals surface area contributed by atoms with Crippen LogP contribution in [0.25, 0.3) is 10.1 Å². The molecule has 1 atom stereocenters. The molecule has 2 heterocycles. The lowest BCUT2D eigenvalue weighted by Crippen LogP contribution is -2.38. The Labute approximate surface area is 147 Å². The maximum absolute atomic E-state index is 12.1. The van der Waals surface area contributed by atoms with Crippen LogP contribution in [0.5, 0.6) is 0 Å². The molecular weight excluding hydrogens is 374 g/mol. The lowest BCUT2D eigenvalue weighted by Gasteiger charge is -2.10. The Balaban J connectivity index is 1.58. The minimum absolute atomic E-state index is 0.0646. The van der Waals surface area contributed by atoms with Crippen LogP contribution in [0, 0.1) is 0 Å². The van der Waals surface area contributed by atoms with Crippen LogP contribution in [0.1, 0.15) is 16.1 Å². The summed E-state index contributed by atoms with van der Waals surface area (Å²) in [5, 5.41) is 3.63. The number of ether oxygens (including phenoxy) is 1. The van der Waals surface area contributed by atoms with Crippen molar-refractivity contribution in [1.29, 1.82) is 0 Å². The summed E-state index contributed by atoms with van der Waals surface area (Å²) < 4.78 is 28.5. The molecule has 3 rings (SSSR count). The van der Waals surface area contributed by atoms with Gasteiger partial charge in [0.2, 0.25) is 0 Å². The van der Waals surface area contributed by atoms with Crippen molar-refractivity contribution in [2.24, 2.45) is 0 Å². The second-order valence-electron chi connectivity index (χ2n) is 5.48. The molecule has 0 radical (unpaired) electrons. The second-order valence-corrected chi connectivity index (χ2v) is 9.14. The molecule has 0 saturated carbocycles. The van der Waals surface area contributed by atoms with E-state index in [1.54, 1.807) is 6.07 Å².